The molecule has 0 aromatic rings. The molecule has 3 saturated carbocycles. The number of ether oxygens (including phenoxy) is 1. The second kappa shape index (κ2) is 9.96. The van der Waals surface area contributed by atoms with Crippen LogP contribution in [0.2, 0.25) is 0 Å². The Bertz CT molecular complexity index is 699. The first-order valence-corrected chi connectivity index (χ1v) is 14.7. The third-order valence-corrected chi connectivity index (χ3v) is 11.5. The van der Waals surface area contributed by atoms with Gasteiger partial charge in [-0.05, 0) is 110 Å². The first kappa shape index (κ1) is 25.7. The van der Waals surface area contributed by atoms with Crippen LogP contribution in [0.1, 0.15) is 119 Å². The van der Waals surface area contributed by atoms with Gasteiger partial charge in [-0.25, -0.2) is 0 Å². The minimum Gasteiger partial charge on any atom is -0.378 e. The molecule has 0 aliphatic heterocycles. The second-order valence-electron chi connectivity index (χ2n) is 13.9. The number of fused-ring (bicyclic) bond motifs is 5. The SMILES string of the molecule is CC(C)CCC[C@@H](C)[C@H]1CC[C@@H]2[C@]1(C)CC[C@H]1[C@@]2(C)CC=C2C[C@@H](OCCCN)CC[C@@]21C. The highest BCUT2D eigenvalue weighted by molar-refractivity contribution is 5.28. The summed E-state index contributed by atoms with van der Waals surface area (Å²) in [5.41, 5.74) is 8.89. The molecule has 0 bridgehead atoms. The molecule has 4 aliphatic rings. The molecular weight excluding hydrogens is 402 g/mol. The summed E-state index contributed by atoms with van der Waals surface area (Å²) in [5.74, 6) is 4.46. The quantitative estimate of drug-likeness (QED) is 0.280. The van der Waals surface area contributed by atoms with E-state index in [0.717, 1.165) is 49.2 Å². The smallest absolute Gasteiger partial charge is 0.0612 e. The van der Waals surface area contributed by atoms with E-state index < -0.39 is 0 Å². The van der Waals surface area contributed by atoms with E-state index in [1.807, 2.05) is 0 Å². The summed E-state index contributed by atoms with van der Waals surface area (Å²) < 4.78 is 6.23. The number of rotatable bonds is 9. The highest BCUT2D eigenvalue weighted by Crippen LogP contribution is 2.72. The van der Waals surface area contributed by atoms with E-state index in [2.05, 4.69) is 47.6 Å². The van der Waals surface area contributed by atoms with Gasteiger partial charge in [-0.2, -0.15) is 0 Å². The van der Waals surface area contributed by atoms with E-state index in [-0.39, 0.29) is 0 Å². The molecule has 4 aliphatic carbocycles. The Kier molecular flexibility index (Phi) is 7.77. The van der Waals surface area contributed by atoms with Gasteiger partial charge in [-0.1, -0.05) is 72.5 Å². The van der Waals surface area contributed by atoms with Crippen molar-refractivity contribution in [1.82, 2.24) is 0 Å². The molecule has 4 rings (SSSR count). The Morgan fingerprint density at radius 1 is 0.939 bits per heavy atom. The Morgan fingerprint density at radius 2 is 1.73 bits per heavy atom. The first-order valence-electron chi connectivity index (χ1n) is 14.7. The van der Waals surface area contributed by atoms with Crippen LogP contribution in [-0.4, -0.2) is 19.3 Å². The lowest BCUT2D eigenvalue weighted by atomic mass is 9.41. The van der Waals surface area contributed by atoms with E-state index in [9.17, 15) is 0 Å². The summed E-state index contributed by atoms with van der Waals surface area (Å²) in [6.45, 7) is 17.0. The second-order valence-corrected chi connectivity index (χ2v) is 13.9. The molecule has 2 heteroatoms. The van der Waals surface area contributed by atoms with Crippen molar-refractivity contribution in [2.75, 3.05) is 13.2 Å². The molecule has 0 heterocycles. The van der Waals surface area contributed by atoms with Crippen LogP contribution in [-0.2, 0) is 4.74 Å². The number of hydrogen-bond acceptors (Lipinski definition) is 2. The van der Waals surface area contributed by atoms with Crippen molar-refractivity contribution in [1.29, 1.82) is 0 Å². The number of nitrogens with two attached hydrogens (primary N) is 1. The molecule has 0 aromatic heterocycles. The minimum atomic E-state index is 0.406. The van der Waals surface area contributed by atoms with Crippen molar-refractivity contribution < 1.29 is 4.74 Å². The van der Waals surface area contributed by atoms with Gasteiger partial charge >= 0.3 is 0 Å². The molecule has 190 valence electrons. The molecule has 33 heavy (non-hydrogen) atoms. The largest absolute Gasteiger partial charge is 0.378 e. The fourth-order valence-corrected chi connectivity index (χ4v) is 9.78. The monoisotopic (exact) mass is 457 g/mol. The summed E-state index contributed by atoms with van der Waals surface area (Å²) in [6.07, 6.45) is 19.3. The fraction of sp³-hybridized carbons (Fsp3) is 0.935. The predicted octanol–water partition coefficient (Wildman–Crippen LogP) is 8.15. The molecule has 0 spiro atoms. The summed E-state index contributed by atoms with van der Waals surface area (Å²) in [7, 11) is 0. The van der Waals surface area contributed by atoms with Gasteiger partial charge < -0.3 is 10.5 Å². The molecule has 2 N–H and O–H groups in total. The van der Waals surface area contributed by atoms with Crippen LogP contribution in [0, 0.1) is 45.8 Å². The molecular formula is C31H55NO. The van der Waals surface area contributed by atoms with Crippen LogP contribution < -0.4 is 5.73 Å². The maximum atomic E-state index is 6.23. The third-order valence-electron chi connectivity index (χ3n) is 11.5. The minimum absolute atomic E-state index is 0.406. The van der Waals surface area contributed by atoms with E-state index >= 15 is 0 Å². The van der Waals surface area contributed by atoms with E-state index in [1.54, 1.807) is 5.57 Å². The predicted molar refractivity (Wildman–Crippen MR) is 141 cm³/mol. The molecule has 0 unspecified atom stereocenters. The van der Waals surface area contributed by atoms with Crippen LogP contribution in [0.4, 0.5) is 0 Å². The van der Waals surface area contributed by atoms with Gasteiger partial charge in [0.15, 0.2) is 0 Å². The molecule has 0 amide bonds. The zero-order chi connectivity index (χ0) is 23.9. The van der Waals surface area contributed by atoms with E-state index in [0.29, 0.717) is 22.3 Å². The zero-order valence-corrected chi connectivity index (χ0v) is 22.9. The van der Waals surface area contributed by atoms with Gasteiger partial charge in [0.05, 0.1) is 6.10 Å². The molecule has 0 radical (unpaired) electrons. The van der Waals surface area contributed by atoms with Gasteiger partial charge in [0.25, 0.3) is 0 Å². The van der Waals surface area contributed by atoms with Crippen LogP contribution in [0.5, 0.6) is 0 Å². The Morgan fingerprint density at radius 3 is 2.45 bits per heavy atom. The Balaban J connectivity index is 1.48. The third kappa shape index (κ3) is 4.62. The summed E-state index contributed by atoms with van der Waals surface area (Å²) in [5, 5.41) is 0. The van der Waals surface area contributed by atoms with Gasteiger partial charge in [-0.15, -0.1) is 0 Å². The topological polar surface area (TPSA) is 35.2 Å². The fourth-order valence-electron chi connectivity index (χ4n) is 9.78. The van der Waals surface area contributed by atoms with E-state index in [4.69, 9.17) is 10.5 Å². The molecule has 3 fully saturated rings. The van der Waals surface area contributed by atoms with Crippen LogP contribution in [0.15, 0.2) is 11.6 Å². The van der Waals surface area contributed by atoms with E-state index in [1.165, 1.54) is 70.6 Å². The number of hydrogen-bond donors (Lipinski definition) is 1. The Labute approximate surface area is 205 Å². The molecule has 8 atom stereocenters. The van der Waals surface area contributed by atoms with Gasteiger partial charge in [0.2, 0.25) is 0 Å². The normalized spacial score (nSPS) is 43.6. The Hall–Kier alpha value is -0.340. The zero-order valence-electron chi connectivity index (χ0n) is 22.9. The highest BCUT2D eigenvalue weighted by Gasteiger charge is 2.63. The van der Waals surface area contributed by atoms with Crippen LogP contribution >= 0.6 is 0 Å². The number of allylic oxidation sites excluding steroid dienone is 1. The van der Waals surface area contributed by atoms with Crippen molar-refractivity contribution >= 4 is 0 Å². The molecule has 2 nitrogen and oxygen atoms in total. The van der Waals surface area contributed by atoms with Gasteiger partial charge in [0, 0.05) is 6.61 Å². The first-order chi connectivity index (χ1) is 15.6. The van der Waals surface area contributed by atoms with Gasteiger partial charge in [0.1, 0.15) is 0 Å². The lowest BCUT2D eigenvalue weighted by Gasteiger charge is -2.63. The average molecular weight is 458 g/mol. The maximum absolute atomic E-state index is 6.23. The van der Waals surface area contributed by atoms with Gasteiger partial charge in [-0.3, -0.25) is 0 Å². The van der Waals surface area contributed by atoms with Crippen molar-refractivity contribution in [3.8, 4) is 0 Å². The average Bonchev–Trinajstić information content (AvgIpc) is 3.12. The van der Waals surface area contributed by atoms with Crippen molar-refractivity contribution in [3.05, 3.63) is 11.6 Å². The summed E-state index contributed by atoms with van der Waals surface area (Å²) >= 11 is 0. The summed E-state index contributed by atoms with van der Waals surface area (Å²) in [4.78, 5) is 0. The molecule has 0 aromatic carbocycles. The summed E-state index contributed by atoms with van der Waals surface area (Å²) in [6, 6.07) is 0. The van der Waals surface area contributed by atoms with Crippen molar-refractivity contribution in [3.63, 3.8) is 0 Å². The van der Waals surface area contributed by atoms with Crippen LogP contribution in [0.3, 0.4) is 0 Å². The maximum Gasteiger partial charge on any atom is 0.0612 e. The highest BCUT2D eigenvalue weighted by atomic mass is 16.5. The van der Waals surface area contributed by atoms with Crippen molar-refractivity contribution in [2.24, 2.45) is 51.6 Å². The van der Waals surface area contributed by atoms with Crippen LogP contribution in [0.25, 0.3) is 0 Å². The standard InChI is InChI=1S/C31H55NO/c1-22(2)9-7-10-23(3)26-11-12-27-30(26,5)18-15-28-29(4)17-14-25(33-20-8-19-32)21-24(29)13-16-31(27,28)6/h13,22-23,25-28H,7-12,14-21,32H2,1-6H3/t23-,25+,26-,27-,28-,29+,30-,31+/m1/s1. The lowest BCUT2D eigenvalue weighted by Crippen LogP contribution is -2.56. The molecule has 0 saturated heterocycles. The van der Waals surface area contributed by atoms with Crippen molar-refractivity contribution in [2.45, 2.75) is 125 Å². The lowest BCUT2D eigenvalue weighted by molar-refractivity contribution is -0.117.